The number of carbonyl (C=O) groups is 6. The Hall–Kier alpha value is -8.19. The predicted molar refractivity (Wildman–Crippen MR) is 330 cm³/mol. The minimum absolute atomic E-state index is 0.0913. The first-order valence-corrected chi connectivity index (χ1v) is 31.0. The van der Waals surface area contributed by atoms with Crippen LogP contribution < -0.4 is 33.4 Å². The van der Waals surface area contributed by atoms with Gasteiger partial charge >= 0.3 is 35.8 Å². The number of nitrogens with one attached hydrogen (secondary N) is 1. The summed E-state index contributed by atoms with van der Waals surface area (Å²) in [5.74, 6) is -2.16. The molecule has 4 aromatic carbocycles. The SMILES string of the molecule is C=CC(=O)OCCCCCCOc1ccc(OC(=O)C2CCC(C(=O)Oc3ccc(OC(=O)C4CCC(C(=O)Oc5ccc(OCCCCCCOC(=O)C=C)cc5)CC4)c(/C=N/N(CCCCCC)c4nc5ccccc5s4)c3C=N)CC2)cc1. The average Bonchev–Trinajstić information content (AvgIpc) is 3.36. The van der Waals surface area contributed by atoms with Crippen LogP contribution in [0.15, 0.2) is 115 Å². The molecule has 458 valence electrons. The standard InChI is InChI=1S/C67H80N4O14S/c1-4-7-8-15-40-71(67-70-57-20-13-14-21-60(57)86-67)69-46-56-55(45-68)58(84-65(76)49-26-22-47(23-27-49)63(74)82-53-34-30-51(31-35-53)78-41-16-9-11-18-43-80-61(72)5-2)38-39-59(56)85-66(77)50-28-24-48(25-29-50)64(75)83-54-36-32-52(33-37-54)79-42-17-10-12-19-44-81-62(73)6-3/h5-6,13-14,20-21,30-39,45-50,68H,2-4,7-12,15-19,22-29,40-44H2,1H3/b68-45?,69-46+. The Morgan fingerprint density at radius 2 is 0.953 bits per heavy atom. The number of benzene rings is 4. The van der Waals surface area contributed by atoms with Gasteiger partial charge in [-0.05, 0) is 182 Å². The summed E-state index contributed by atoms with van der Waals surface area (Å²) in [6.45, 7) is 11.3. The van der Waals surface area contributed by atoms with E-state index in [0.29, 0.717) is 112 Å². The number of thiazole rings is 1. The molecule has 1 N–H and O–H groups in total. The molecule has 0 radical (unpaired) electrons. The van der Waals surface area contributed by atoms with Crippen LogP contribution in [-0.2, 0) is 38.2 Å². The van der Waals surface area contributed by atoms with Gasteiger partial charge in [-0.25, -0.2) is 19.6 Å². The monoisotopic (exact) mass is 1200 g/mol. The first-order chi connectivity index (χ1) is 41.9. The van der Waals surface area contributed by atoms with Crippen LogP contribution in [0.5, 0.6) is 34.5 Å². The van der Waals surface area contributed by atoms with Crippen molar-refractivity contribution < 1.29 is 66.7 Å². The van der Waals surface area contributed by atoms with Crippen molar-refractivity contribution in [2.45, 2.75) is 135 Å². The lowest BCUT2D eigenvalue weighted by molar-refractivity contribution is -0.145. The van der Waals surface area contributed by atoms with Crippen LogP contribution in [0.2, 0.25) is 0 Å². The zero-order valence-corrected chi connectivity index (χ0v) is 50.1. The summed E-state index contributed by atoms with van der Waals surface area (Å²) in [6.07, 6.45) is 18.9. The summed E-state index contributed by atoms with van der Waals surface area (Å²) < 4.78 is 46.5. The van der Waals surface area contributed by atoms with Gasteiger partial charge in [0, 0.05) is 36.0 Å². The third-order valence-corrected chi connectivity index (χ3v) is 16.2. The van der Waals surface area contributed by atoms with E-state index in [1.165, 1.54) is 23.6 Å². The normalized spacial score (nSPS) is 16.5. The minimum atomic E-state index is -0.525. The second-order valence-electron chi connectivity index (χ2n) is 21.4. The number of hydrazone groups is 1. The van der Waals surface area contributed by atoms with Crippen molar-refractivity contribution in [2.75, 3.05) is 38.0 Å². The second-order valence-corrected chi connectivity index (χ2v) is 22.4. The van der Waals surface area contributed by atoms with Crippen LogP contribution in [0.4, 0.5) is 5.13 Å². The van der Waals surface area contributed by atoms with Gasteiger partial charge in [0.15, 0.2) is 0 Å². The summed E-state index contributed by atoms with van der Waals surface area (Å²) in [7, 11) is 0. The molecule has 0 amide bonds. The van der Waals surface area contributed by atoms with Crippen LogP contribution >= 0.6 is 11.3 Å². The minimum Gasteiger partial charge on any atom is -0.494 e. The number of carbonyl (C=O) groups excluding carboxylic acids is 6. The van der Waals surface area contributed by atoms with Gasteiger partial charge in [0.25, 0.3) is 0 Å². The van der Waals surface area contributed by atoms with E-state index in [9.17, 15) is 28.8 Å². The molecule has 2 fully saturated rings. The summed E-state index contributed by atoms with van der Waals surface area (Å²) in [5, 5.41) is 16.1. The molecule has 7 rings (SSSR count). The topological polar surface area (TPSA) is 229 Å². The molecule has 0 spiro atoms. The van der Waals surface area contributed by atoms with Gasteiger partial charge in [-0.2, -0.15) is 5.10 Å². The van der Waals surface area contributed by atoms with E-state index in [1.54, 1.807) is 54.6 Å². The highest BCUT2D eigenvalue weighted by molar-refractivity contribution is 7.22. The Balaban J connectivity index is 0.944. The van der Waals surface area contributed by atoms with Crippen molar-refractivity contribution >= 4 is 74.9 Å². The second kappa shape index (κ2) is 35.3. The van der Waals surface area contributed by atoms with Crippen molar-refractivity contribution in [2.24, 2.45) is 28.8 Å². The maximum Gasteiger partial charge on any atom is 0.330 e. The molecule has 5 aromatic rings. The average molecular weight is 1200 g/mol. The number of fused-ring (bicyclic) bond motifs is 1. The molecule has 0 saturated heterocycles. The lowest BCUT2D eigenvalue weighted by Crippen LogP contribution is -2.31. The van der Waals surface area contributed by atoms with Crippen molar-refractivity contribution in [3.63, 3.8) is 0 Å². The van der Waals surface area contributed by atoms with E-state index in [-0.39, 0.29) is 34.6 Å². The largest absolute Gasteiger partial charge is 0.494 e. The van der Waals surface area contributed by atoms with Crippen LogP contribution in [0.1, 0.15) is 146 Å². The smallest absolute Gasteiger partial charge is 0.330 e. The Morgan fingerprint density at radius 1 is 0.535 bits per heavy atom. The van der Waals surface area contributed by atoms with E-state index < -0.39 is 47.5 Å². The summed E-state index contributed by atoms with van der Waals surface area (Å²) >= 11 is 1.50. The van der Waals surface area contributed by atoms with Crippen LogP contribution in [-0.4, -0.2) is 86.2 Å². The zero-order chi connectivity index (χ0) is 60.9. The maximum absolute atomic E-state index is 14.1. The number of para-hydroxylation sites is 1. The predicted octanol–water partition coefficient (Wildman–Crippen LogP) is 13.7. The number of hydrogen-bond acceptors (Lipinski definition) is 19. The molecule has 86 heavy (non-hydrogen) atoms. The lowest BCUT2D eigenvalue weighted by Gasteiger charge is -2.26. The molecule has 2 aliphatic carbocycles. The highest BCUT2D eigenvalue weighted by Crippen LogP contribution is 2.37. The van der Waals surface area contributed by atoms with Crippen molar-refractivity contribution in [1.82, 2.24) is 4.98 Å². The van der Waals surface area contributed by atoms with Crippen molar-refractivity contribution in [3.8, 4) is 34.5 Å². The Kier molecular flexibility index (Phi) is 26.8. The zero-order valence-electron chi connectivity index (χ0n) is 49.3. The third kappa shape index (κ3) is 20.8. The quantitative estimate of drug-likeness (QED) is 0.00993. The fourth-order valence-electron chi connectivity index (χ4n) is 10.1. The molecular weight excluding hydrogens is 1120 g/mol. The Morgan fingerprint density at radius 3 is 1.40 bits per heavy atom. The van der Waals surface area contributed by atoms with Gasteiger partial charge in [-0.3, -0.25) is 19.2 Å². The van der Waals surface area contributed by atoms with Gasteiger partial charge < -0.3 is 43.3 Å². The van der Waals surface area contributed by atoms with Crippen LogP contribution in [0, 0.1) is 29.1 Å². The van der Waals surface area contributed by atoms with Gasteiger partial charge in [0.05, 0.1) is 66.5 Å². The van der Waals surface area contributed by atoms with E-state index >= 15 is 0 Å². The molecule has 2 saturated carbocycles. The fourth-order valence-corrected chi connectivity index (χ4v) is 11.1. The Bertz CT molecular complexity index is 3040. The summed E-state index contributed by atoms with van der Waals surface area (Å²) in [6, 6.07) is 24.7. The number of rotatable bonds is 35. The molecule has 19 heteroatoms. The van der Waals surface area contributed by atoms with E-state index in [4.69, 9.17) is 53.4 Å². The van der Waals surface area contributed by atoms with Gasteiger partial charge in [0.2, 0.25) is 5.13 Å². The highest BCUT2D eigenvalue weighted by Gasteiger charge is 2.35. The first-order valence-electron chi connectivity index (χ1n) is 30.2. The van der Waals surface area contributed by atoms with Gasteiger partial charge in [-0.15, -0.1) is 0 Å². The van der Waals surface area contributed by atoms with Crippen LogP contribution in [0.3, 0.4) is 0 Å². The fraction of sp³-hybridized carbons (Fsp3) is 0.448. The number of hydrogen-bond donors (Lipinski definition) is 1. The van der Waals surface area contributed by atoms with Gasteiger partial charge in [0.1, 0.15) is 34.5 Å². The molecule has 18 nitrogen and oxygen atoms in total. The number of aromatic nitrogens is 1. The number of anilines is 1. The molecular formula is C67H80N4O14S. The molecule has 1 heterocycles. The highest BCUT2D eigenvalue weighted by atomic mass is 32.1. The van der Waals surface area contributed by atoms with Crippen molar-refractivity contribution in [1.29, 1.82) is 5.41 Å². The maximum atomic E-state index is 14.1. The van der Waals surface area contributed by atoms with Crippen LogP contribution in [0.25, 0.3) is 10.2 Å². The molecule has 1 aromatic heterocycles. The molecule has 0 atom stereocenters. The first kappa shape index (κ1) is 65.4. The molecule has 0 bridgehead atoms. The number of nitrogens with zero attached hydrogens (tertiary/aromatic N) is 3. The Labute approximate surface area is 507 Å². The number of esters is 6. The van der Waals surface area contributed by atoms with E-state index in [0.717, 1.165) is 106 Å². The summed E-state index contributed by atoms with van der Waals surface area (Å²) in [5.41, 5.74) is 1.28. The lowest BCUT2D eigenvalue weighted by atomic mass is 9.82. The molecule has 0 unspecified atom stereocenters. The summed E-state index contributed by atoms with van der Waals surface area (Å²) in [4.78, 5) is 82.0. The third-order valence-electron chi connectivity index (χ3n) is 15.1. The molecule has 2 aliphatic rings. The van der Waals surface area contributed by atoms with E-state index in [1.807, 2.05) is 29.3 Å². The number of unbranched alkanes of at least 4 members (excludes halogenated alkanes) is 9. The number of ether oxygens (including phenoxy) is 8. The van der Waals surface area contributed by atoms with E-state index in [2.05, 4.69) is 20.1 Å². The molecule has 0 aliphatic heterocycles. The van der Waals surface area contributed by atoms with Gasteiger partial charge in [-0.1, -0.05) is 62.8 Å². The van der Waals surface area contributed by atoms with Crippen molar-refractivity contribution in [3.05, 3.63) is 121 Å².